The van der Waals surface area contributed by atoms with Crippen molar-refractivity contribution in [2.24, 2.45) is 0 Å². The average Bonchev–Trinajstić information content (AvgIpc) is 3.75. The van der Waals surface area contributed by atoms with E-state index in [1.165, 1.54) is 54.1 Å². The molecule has 5 heterocycles. The summed E-state index contributed by atoms with van der Waals surface area (Å²) in [7, 11) is 0. The Hall–Kier alpha value is -7.11. The predicted molar refractivity (Wildman–Crippen MR) is 214 cm³/mol. The molecule has 0 N–H and O–H groups in total. The van der Waals surface area contributed by atoms with Crippen molar-refractivity contribution < 1.29 is 0 Å². The van der Waals surface area contributed by atoms with Gasteiger partial charge < -0.3 is 9.13 Å². The molecule has 0 fully saturated rings. The zero-order chi connectivity index (χ0) is 34.2. The SMILES string of the molecule is c1ccc(-n2c3ccc4c(c5ccccc5n4-c4cc(-c5ccccn5)nc(-c5ccccn5)c4)c3c3c4ccccc4c4ccccc4c32)cc1. The van der Waals surface area contributed by atoms with Gasteiger partial charge in [0.15, 0.2) is 0 Å². The molecule has 0 saturated heterocycles. The van der Waals surface area contributed by atoms with Gasteiger partial charge in [-0.25, -0.2) is 4.98 Å². The fraction of sp³-hybridized carbons (Fsp3) is 0. The highest BCUT2D eigenvalue weighted by Crippen LogP contribution is 2.47. The Bertz CT molecular complexity index is 3100. The van der Waals surface area contributed by atoms with Crippen LogP contribution >= 0.6 is 0 Å². The quantitative estimate of drug-likeness (QED) is 0.176. The second-order valence-electron chi connectivity index (χ2n) is 13.2. The molecule has 0 atom stereocenters. The maximum Gasteiger partial charge on any atom is 0.0915 e. The van der Waals surface area contributed by atoms with E-state index < -0.39 is 0 Å². The van der Waals surface area contributed by atoms with E-state index >= 15 is 0 Å². The summed E-state index contributed by atoms with van der Waals surface area (Å²) in [5, 5.41) is 9.93. The Labute approximate surface area is 298 Å². The Morgan fingerprint density at radius 2 is 0.865 bits per heavy atom. The molecule has 0 amide bonds. The zero-order valence-electron chi connectivity index (χ0n) is 28.0. The van der Waals surface area contributed by atoms with Crippen LogP contribution in [0.2, 0.25) is 0 Å². The standard InChI is InChI=1S/C47H29N5/c1-2-14-30(15-3-1)52-43-25-24-42-44(46(43)45-34-18-6-4-16-32(34)33-17-5-7-19-35(33)47(45)52)36-20-8-9-23-41(36)51(42)31-28-39(37-21-10-12-26-48-37)50-40(29-31)38-22-11-13-27-49-38/h1-29H. The van der Waals surface area contributed by atoms with Crippen LogP contribution in [-0.2, 0) is 0 Å². The summed E-state index contributed by atoms with van der Waals surface area (Å²) < 4.78 is 4.86. The topological polar surface area (TPSA) is 48.5 Å². The highest BCUT2D eigenvalue weighted by atomic mass is 15.0. The van der Waals surface area contributed by atoms with Crippen molar-refractivity contribution in [3.8, 4) is 34.2 Å². The van der Waals surface area contributed by atoms with Gasteiger partial charge in [0.1, 0.15) is 0 Å². The van der Waals surface area contributed by atoms with Gasteiger partial charge in [-0.2, -0.15) is 0 Å². The highest BCUT2D eigenvalue weighted by molar-refractivity contribution is 6.38. The van der Waals surface area contributed by atoms with Gasteiger partial charge in [0.2, 0.25) is 0 Å². The zero-order valence-corrected chi connectivity index (χ0v) is 28.0. The van der Waals surface area contributed by atoms with Gasteiger partial charge >= 0.3 is 0 Å². The second-order valence-corrected chi connectivity index (χ2v) is 13.2. The van der Waals surface area contributed by atoms with E-state index in [1.807, 2.05) is 48.8 Å². The van der Waals surface area contributed by atoms with Crippen LogP contribution in [-0.4, -0.2) is 24.1 Å². The number of hydrogen-bond acceptors (Lipinski definition) is 3. The van der Waals surface area contributed by atoms with Crippen LogP contribution < -0.4 is 0 Å². The summed E-state index contributed by atoms with van der Waals surface area (Å²) in [6.07, 6.45) is 3.63. The van der Waals surface area contributed by atoms with Gasteiger partial charge in [-0.1, -0.05) is 97.1 Å². The number of hydrogen-bond donors (Lipinski definition) is 0. The third kappa shape index (κ3) is 4.14. The molecule has 11 aromatic rings. The van der Waals surface area contributed by atoms with E-state index in [0.29, 0.717) is 0 Å². The lowest BCUT2D eigenvalue weighted by Gasteiger charge is -2.13. The summed E-state index contributed by atoms with van der Waals surface area (Å²) in [6, 6.07) is 58.1. The third-order valence-corrected chi connectivity index (χ3v) is 10.4. The fourth-order valence-electron chi connectivity index (χ4n) is 8.28. The van der Waals surface area contributed by atoms with Crippen LogP contribution in [0.25, 0.3) is 99.3 Å². The molecule has 0 saturated carbocycles. The van der Waals surface area contributed by atoms with Crippen molar-refractivity contribution in [3.63, 3.8) is 0 Å². The van der Waals surface area contributed by atoms with E-state index in [1.54, 1.807) is 0 Å². The first kappa shape index (κ1) is 28.7. The normalized spacial score (nSPS) is 11.8. The maximum atomic E-state index is 5.09. The van der Waals surface area contributed by atoms with Gasteiger partial charge in [0.05, 0.1) is 50.5 Å². The molecule has 0 radical (unpaired) electrons. The van der Waals surface area contributed by atoms with Crippen molar-refractivity contribution in [1.82, 2.24) is 24.1 Å². The number of pyridine rings is 3. The molecule has 6 aromatic carbocycles. The summed E-state index contributed by atoms with van der Waals surface area (Å²) in [4.78, 5) is 14.5. The first-order valence-electron chi connectivity index (χ1n) is 17.5. The molecule has 242 valence electrons. The van der Waals surface area contributed by atoms with Gasteiger partial charge in [-0.3, -0.25) is 9.97 Å². The van der Waals surface area contributed by atoms with E-state index in [9.17, 15) is 0 Å². The van der Waals surface area contributed by atoms with Crippen LogP contribution in [0.4, 0.5) is 0 Å². The van der Waals surface area contributed by atoms with Gasteiger partial charge in [-0.05, 0) is 82.9 Å². The van der Waals surface area contributed by atoms with Gasteiger partial charge in [-0.15, -0.1) is 0 Å². The maximum absolute atomic E-state index is 5.09. The molecular formula is C47H29N5. The number of rotatable bonds is 4. The van der Waals surface area contributed by atoms with Crippen molar-refractivity contribution in [2.75, 3.05) is 0 Å². The Balaban J connectivity index is 1.34. The van der Waals surface area contributed by atoms with Crippen molar-refractivity contribution >= 4 is 65.2 Å². The van der Waals surface area contributed by atoms with Crippen molar-refractivity contribution in [2.45, 2.75) is 0 Å². The van der Waals surface area contributed by atoms with E-state index in [0.717, 1.165) is 45.2 Å². The number of fused-ring (bicyclic) bond motifs is 12. The molecule has 11 rings (SSSR count). The molecule has 0 aliphatic rings. The number of aromatic nitrogens is 5. The van der Waals surface area contributed by atoms with E-state index in [2.05, 4.69) is 137 Å². The van der Waals surface area contributed by atoms with E-state index in [-0.39, 0.29) is 0 Å². The lowest BCUT2D eigenvalue weighted by Crippen LogP contribution is -1.99. The summed E-state index contributed by atoms with van der Waals surface area (Å²) in [5.74, 6) is 0. The van der Waals surface area contributed by atoms with Crippen LogP contribution in [0, 0.1) is 0 Å². The molecule has 0 bridgehead atoms. The van der Waals surface area contributed by atoms with E-state index in [4.69, 9.17) is 15.0 Å². The molecule has 0 aliphatic carbocycles. The van der Waals surface area contributed by atoms with Gasteiger partial charge in [0.25, 0.3) is 0 Å². The summed E-state index contributed by atoms with van der Waals surface area (Å²) >= 11 is 0. The fourth-order valence-corrected chi connectivity index (χ4v) is 8.28. The van der Waals surface area contributed by atoms with Crippen LogP contribution in [0.5, 0.6) is 0 Å². The molecular weight excluding hydrogens is 635 g/mol. The van der Waals surface area contributed by atoms with Gasteiger partial charge in [0, 0.05) is 45.0 Å². The van der Waals surface area contributed by atoms with Crippen LogP contribution in [0.1, 0.15) is 0 Å². The second kappa shape index (κ2) is 11.2. The average molecular weight is 664 g/mol. The Morgan fingerprint density at radius 3 is 1.52 bits per heavy atom. The predicted octanol–water partition coefficient (Wildman–Crippen LogP) is 11.7. The molecule has 5 nitrogen and oxygen atoms in total. The largest absolute Gasteiger partial charge is 0.309 e. The van der Waals surface area contributed by atoms with Crippen molar-refractivity contribution in [1.29, 1.82) is 0 Å². The smallest absolute Gasteiger partial charge is 0.0915 e. The van der Waals surface area contributed by atoms with Crippen LogP contribution in [0.3, 0.4) is 0 Å². The van der Waals surface area contributed by atoms with Crippen molar-refractivity contribution in [3.05, 3.63) is 176 Å². The summed E-state index contributed by atoms with van der Waals surface area (Å²) in [5.41, 5.74) is 10.0. The van der Waals surface area contributed by atoms with Crippen LogP contribution in [0.15, 0.2) is 176 Å². The minimum Gasteiger partial charge on any atom is -0.309 e. The highest BCUT2D eigenvalue weighted by Gasteiger charge is 2.24. The summed E-state index contributed by atoms with van der Waals surface area (Å²) in [6.45, 7) is 0. The molecule has 5 aromatic heterocycles. The number of benzene rings is 6. The first-order valence-corrected chi connectivity index (χ1v) is 17.5. The Kier molecular flexibility index (Phi) is 6.18. The molecule has 0 aliphatic heterocycles. The number of nitrogens with zero attached hydrogens (tertiary/aromatic N) is 5. The minimum absolute atomic E-state index is 0.795. The molecule has 5 heteroatoms. The molecule has 0 spiro atoms. The third-order valence-electron chi connectivity index (χ3n) is 10.4. The molecule has 0 unspecified atom stereocenters. The Morgan fingerprint density at radius 1 is 0.327 bits per heavy atom. The minimum atomic E-state index is 0.795. The lowest BCUT2D eigenvalue weighted by atomic mass is 9.95. The number of para-hydroxylation sites is 2. The molecule has 52 heavy (non-hydrogen) atoms. The first-order chi connectivity index (χ1) is 25.8. The monoisotopic (exact) mass is 663 g/mol. The lowest BCUT2D eigenvalue weighted by molar-refractivity contribution is 1.14.